The zero-order chi connectivity index (χ0) is 10.9. The summed E-state index contributed by atoms with van der Waals surface area (Å²) in [4.78, 5) is 10.6. The van der Waals surface area contributed by atoms with Gasteiger partial charge in [-0.15, -0.1) is 0 Å². The first kappa shape index (κ1) is 12.4. The predicted molar refractivity (Wildman–Crippen MR) is 49.5 cm³/mol. The molecule has 0 saturated carbocycles. The highest BCUT2D eigenvalue weighted by Crippen LogP contribution is 2.29. The molecule has 0 aromatic rings. The highest BCUT2D eigenvalue weighted by molar-refractivity contribution is 7.13. The summed E-state index contributed by atoms with van der Waals surface area (Å²) >= 11 is 0.456. The Morgan fingerprint density at radius 2 is 2.14 bits per heavy atom. The maximum absolute atomic E-state index is 12.2. The minimum atomic E-state index is -4.58. The van der Waals surface area contributed by atoms with Gasteiger partial charge >= 0.3 is 6.18 Å². The minimum Gasteiger partial charge on any atom is -0.373 e. The predicted octanol–water partition coefficient (Wildman–Crippen LogP) is -0.386. The molecule has 14 heavy (non-hydrogen) atoms. The lowest BCUT2D eigenvalue weighted by Crippen LogP contribution is -2.54. The second-order valence-electron chi connectivity index (χ2n) is 3.21. The van der Waals surface area contributed by atoms with E-state index < -0.39 is 23.0 Å². The van der Waals surface area contributed by atoms with Crippen LogP contribution in [0.15, 0.2) is 0 Å². The standard InChI is InChI=1S/C6H8F3NO2P.Al.2H/c7-6(8,9)5-4(11)1-3(10-13)2-12-5;;;/h2-3,5,10H,1,13H2;;;. The Hall–Kier alpha value is 0.342. The van der Waals surface area contributed by atoms with Gasteiger partial charge < -0.3 is 4.74 Å². The number of carbonyl (C=O) groups excluding carboxylic acids is 1. The van der Waals surface area contributed by atoms with E-state index in [2.05, 4.69) is 19.2 Å². The molecule has 1 aliphatic heterocycles. The maximum atomic E-state index is 12.2. The third-order valence-corrected chi connectivity index (χ3v) is 3.65. The van der Waals surface area contributed by atoms with Gasteiger partial charge in [0.05, 0.1) is 0 Å². The number of rotatable bonds is 1. The molecule has 0 radical (unpaired) electrons. The minimum absolute atomic E-state index is 0.123. The zero-order valence-corrected chi connectivity index (χ0v) is 10.6. The fourth-order valence-corrected chi connectivity index (χ4v) is 2.80. The second kappa shape index (κ2) is 4.46. The van der Waals surface area contributed by atoms with Gasteiger partial charge in [-0.2, -0.15) is 13.2 Å². The third kappa shape index (κ3) is 2.68. The van der Waals surface area contributed by atoms with E-state index >= 15 is 0 Å². The fraction of sp³-hybridized carbons (Fsp3) is 0.833. The molecule has 1 aliphatic rings. The number of halogens is 3. The molecule has 0 spiro atoms. The van der Waals surface area contributed by atoms with Crippen molar-refractivity contribution in [1.82, 2.24) is 5.09 Å². The molecule has 1 heterocycles. The molecule has 4 atom stereocenters. The van der Waals surface area contributed by atoms with Gasteiger partial charge in [-0.1, -0.05) is 9.39 Å². The van der Waals surface area contributed by atoms with Crippen LogP contribution < -0.4 is 5.09 Å². The number of alkyl halides is 3. The van der Waals surface area contributed by atoms with Gasteiger partial charge in [0.2, 0.25) is 6.10 Å². The van der Waals surface area contributed by atoms with E-state index in [4.69, 9.17) is 0 Å². The lowest BCUT2D eigenvalue weighted by atomic mass is 10.0. The molecular weight excluding hydrogens is 233 g/mol. The molecule has 0 bridgehead atoms. The third-order valence-electron chi connectivity index (χ3n) is 2.14. The number of Topliss-reactive ketones (excluding diaryl/α,β-unsaturated/α-hetero) is 1. The van der Waals surface area contributed by atoms with Crippen LogP contribution in [0.3, 0.4) is 0 Å². The smallest absolute Gasteiger partial charge is 0.373 e. The number of nitrogens with one attached hydrogen (secondary N) is 1. The number of hydrogen-bond acceptors (Lipinski definition) is 3. The molecule has 8 heteroatoms. The molecule has 0 aromatic heterocycles. The van der Waals surface area contributed by atoms with Gasteiger partial charge in [-0.25, -0.2) is 0 Å². The van der Waals surface area contributed by atoms with E-state index in [0.717, 1.165) is 0 Å². The van der Waals surface area contributed by atoms with Crippen molar-refractivity contribution in [2.45, 2.75) is 29.7 Å². The van der Waals surface area contributed by atoms with E-state index in [9.17, 15) is 18.0 Å². The molecule has 4 unspecified atom stereocenters. The van der Waals surface area contributed by atoms with Gasteiger partial charge in [-0.3, -0.25) is 9.88 Å². The van der Waals surface area contributed by atoms with Crippen molar-refractivity contribution in [1.29, 1.82) is 0 Å². The van der Waals surface area contributed by atoms with Crippen molar-refractivity contribution in [2.24, 2.45) is 0 Å². The van der Waals surface area contributed by atoms with E-state index in [1.54, 1.807) is 0 Å². The van der Waals surface area contributed by atoms with E-state index in [0.29, 0.717) is 16.3 Å². The first-order valence-corrected chi connectivity index (χ1v) is 5.80. The summed E-state index contributed by atoms with van der Waals surface area (Å²) in [5.41, 5.74) is 0. The molecule has 0 aromatic carbocycles. The van der Waals surface area contributed by atoms with Crippen LogP contribution in [-0.4, -0.2) is 45.4 Å². The molecule has 1 N–H and O–H groups in total. The SMILES string of the molecule is O=C1CC(NP)[CH]([AlH2])OC1C(F)(F)F. The largest absolute Gasteiger partial charge is 0.421 e. The molecule has 1 fully saturated rings. The van der Waals surface area contributed by atoms with Crippen LogP contribution in [0.5, 0.6) is 0 Å². The van der Waals surface area contributed by atoms with Crippen LogP contribution in [0.1, 0.15) is 6.42 Å². The van der Waals surface area contributed by atoms with Crippen LogP contribution in [-0.2, 0) is 9.53 Å². The zero-order valence-electron chi connectivity index (χ0n) is 7.47. The Morgan fingerprint density at radius 1 is 1.57 bits per heavy atom. The van der Waals surface area contributed by atoms with Crippen LogP contribution >= 0.6 is 9.39 Å². The average Bonchev–Trinajstić information content (AvgIpc) is 2.06. The molecule has 0 aliphatic carbocycles. The van der Waals surface area contributed by atoms with Crippen molar-refractivity contribution in [3.05, 3.63) is 0 Å². The molecule has 1 saturated heterocycles. The molecule has 80 valence electrons. The number of hydrogen-bond donors (Lipinski definition) is 1. The lowest BCUT2D eigenvalue weighted by molar-refractivity contribution is -0.229. The molecular formula is C6H10AlF3NO2P. The van der Waals surface area contributed by atoms with Crippen molar-refractivity contribution >= 4 is 31.5 Å². The Kier molecular flexibility index (Phi) is 3.96. The monoisotopic (exact) mass is 243 g/mol. The quantitative estimate of drug-likeness (QED) is 0.503. The Bertz CT molecular complexity index is 238. The van der Waals surface area contributed by atoms with Gasteiger partial charge in [0.1, 0.15) is 0 Å². The topological polar surface area (TPSA) is 38.3 Å². The summed E-state index contributed by atoms with van der Waals surface area (Å²) in [6, 6.07) is -0.308. The molecule has 1 rings (SSSR count). The van der Waals surface area contributed by atoms with Crippen molar-refractivity contribution in [3.8, 4) is 0 Å². The van der Waals surface area contributed by atoms with Crippen LogP contribution in [0.25, 0.3) is 0 Å². The van der Waals surface area contributed by atoms with Crippen molar-refractivity contribution < 1.29 is 22.7 Å². The van der Waals surface area contributed by atoms with Gasteiger partial charge in [-0.05, 0) is 0 Å². The summed E-state index contributed by atoms with van der Waals surface area (Å²) in [6.07, 6.45) is -6.92. The summed E-state index contributed by atoms with van der Waals surface area (Å²) < 4.78 is 41.4. The van der Waals surface area contributed by atoms with E-state index in [1.807, 2.05) is 0 Å². The van der Waals surface area contributed by atoms with Gasteiger partial charge in [0, 0.05) is 17.4 Å². The van der Waals surface area contributed by atoms with E-state index in [1.165, 1.54) is 0 Å². The first-order chi connectivity index (χ1) is 6.36. The second-order valence-corrected chi connectivity index (χ2v) is 4.68. The average molecular weight is 243 g/mol. The van der Waals surface area contributed by atoms with Gasteiger partial charge in [0.15, 0.2) is 5.78 Å². The summed E-state index contributed by atoms with van der Waals surface area (Å²) in [6.45, 7) is 0. The van der Waals surface area contributed by atoms with E-state index in [-0.39, 0.29) is 12.5 Å². The normalized spacial score (nSPS) is 34.6. The fourth-order valence-electron chi connectivity index (χ4n) is 1.33. The number of ketones is 1. The lowest BCUT2D eigenvalue weighted by Gasteiger charge is -2.34. The Morgan fingerprint density at radius 3 is 2.57 bits per heavy atom. The van der Waals surface area contributed by atoms with Gasteiger partial charge in [0.25, 0.3) is 16.3 Å². The Balaban J connectivity index is 2.72. The first-order valence-electron chi connectivity index (χ1n) is 4.07. The van der Waals surface area contributed by atoms with Crippen molar-refractivity contribution in [3.63, 3.8) is 0 Å². The molecule has 0 amide bonds. The summed E-state index contributed by atoms with van der Waals surface area (Å²) in [5, 5.41) is 2.69. The van der Waals surface area contributed by atoms with Crippen LogP contribution in [0.4, 0.5) is 13.2 Å². The Labute approximate surface area is 89.4 Å². The highest BCUT2D eigenvalue weighted by atomic mass is 31.0. The van der Waals surface area contributed by atoms with Crippen LogP contribution in [0.2, 0.25) is 0 Å². The summed E-state index contributed by atoms with van der Waals surface area (Å²) in [7, 11) is 2.19. The maximum Gasteiger partial charge on any atom is 0.421 e. The van der Waals surface area contributed by atoms with Crippen molar-refractivity contribution in [2.75, 3.05) is 0 Å². The molecule has 3 nitrogen and oxygen atoms in total. The number of carbonyl (C=O) groups is 1. The highest BCUT2D eigenvalue weighted by Gasteiger charge is 2.49. The summed E-state index contributed by atoms with van der Waals surface area (Å²) in [5.74, 6) is -0.899. The number of ether oxygens (including phenoxy) is 1. The van der Waals surface area contributed by atoms with Crippen LogP contribution in [0, 0.1) is 0 Å².